The van der Waals surface area contributed by atoms with Crippen LogP contribution in [0.5, 0.6) is 0 Å². The summed E-state index contributed by atoms with van der Waals surface area (Å²) in [5.41, 5.74) is 6.87. The second-order valence-electron chi connectivity index (χ2n) is 3.39. The number of rotatable bonds is 3. The van der Waals surface area contributed by atoms with E-state index in [1.54, 1.807) is 0 Å². The second kappa shape index (κ2) is 4.92. The van der Waals surface area contributed by atoms with Crippen molar-refractivity contribution in [2.45, 2.75) is 13.2 Å². The molecule has 6 heteroatoms. The summed E-state index contributed by atoms with van der Waals surface area (Å²) >= 11 is 0. The summed E-state index contributed by atoms with van der Waals surface area (Å²) in [7, 11) is 0. The lowest BCUT2D eigenvalue weighted by Crippen LogP contribution is -2.01. The summed E-state index contributed by atoms with van der Waals surface area (Å²) in [6, 6.07) is 1.53. The van der Waals surface area contributed by atoms with Crippen LogP contribution >= 0.6 is 0 Å². The van der Waals surface area contributed by atoms with Crippen LogP contribution in [0.2, 0.25) is 0 Å². The first-order chi connectivity index (χ1) is 8.24. The maximum atomic E-state index is 13.2. The fourth-order valence-corrected chi connectivity index (χ4v) is 1.35. The number of hydrogen-bond donors (Lipinski definition) is 1. The van der Waals surface area contributed by atoms with Crippen LogP contribution in [-0.2, 0) is 13.2 Å². The van der Waals surface area contributed by atoms with E-state index in [0.717, 1.165) is 6.20 Å². The fraction of sp³-hybridized carbons (Fsp3) is 0.182. The molecule has 0 saturated carbocycles. The Labute approximate surface area is 96.5 Å². The van der Waals surface area contributed by atoms with Gasteiger partial charge in [0.15, 0.2) is 5.82 Å². The Morgan fingerprint density at radius 1 is 1.12 bits per heavy atom. The summed E-state index contributed by atoms with van der Waals surface area (Å²) in [6.45, 7) is -0.629. The molecule has 0 amide bonds. The lowest BCUT2D eigenvalue weighted by molar-refractivity contribution is 0.465. The molecule has 88 valence electrons. The van der Waals surface area contributed by atoms with E-state index in [4.69, 9.17) is 5.73 Å². The summed E-state index contributed by atoms with van der Waals surface area (Å²) in [4.78, 5) is 11.5. The Morgan fingerprint density at radius 2 is 1.82 bits per heavy atom. The average Bonchev–Trinajstić information content (AvgIpc) is 2.39. The number of halogens is 2. The van der Waals surface area contributed by atoms with Crippen molar-refractivity contribution in [2.24, 2.45) is 5.73 Å². The predicted molar refractivity (Wildman–Crippen MR) is 57.9 cm³/mol. The number of hydrogen-bond acceptors (Lipinski definition) is 4. The van der Waals surface area contributed by atoms with E-state index in [2.05, 4.69) is 15.0 Å². The fourth-order valence-electron chi connectivity index (χ4n) is 1.35. The van der Waals surface area contributed by atoms with Crippen LogP contribution < -0.4 is 5.73 Å². The summed E-state index contributed by atoms with van der Waals surface area (Å²) in [6.07, 6.45) is 3.99. The third kappa shape index (κ3) is 2.42. The predicted octanol–water partition coefficient (Wildman–Crippen LogP) is 1.61. The third-order valence-electron chi connectivity index (χ3n) is 2.28. The number of aromatic nitrogens is 3. The zero-order valence-electron chi connectivity index (χ0n) is 8.90. The molecule has 0 spiro atoms. The first kappa shape index (κ1) is 11.5. The maximum absolute atomic E-state index is 13.2. The molecule has 2 N–H and O–H groups in total. The van der Waals surface area contributed by atoms with Crippen molar-refractivity contribution in [3.05, 3.63) is 41.9 Å². The minimum atomic E-state index is -0.717. The highest BCUT2D eigenvalue weighted by Crippen LogP contribution is 2.17. The normalized spacial score (nSPS) is 10.5. The Balaban J connectivity index is 2.38. The zero-order valence-corrected chi connectivity index (χ0v) is 8.90. The molecule has 2 aromatic heterocycles. The Morgan fingerprint density at radius 3 is 2.41 bits per heavy atom. The monoisotopic (exact) mass is 236 g/mol. The third-order valence-corrected chi connectivity index (χ3v) is 2.28. The van der Waals surface area contributed by atoms with Gasteiger partial charge >= 0.3 is 0 Å². The number of nitrogens with two attached hydrogens (primary N) is 1. The van der Waals surface area contributed by atoms with Crippen molar-refractivity contribution in [2.75, 3.05) is 0 Å². The molecule has 0 aliphatic carbocycles. The van der Waals surface area contributed by atoms with Gasteiger partial charge in [-0.05, 0) is 6.07 Å². The van der Waals surface area contributed by atoms with Gasteiger partial charge in [0.05, 0.1) is 11.9 Å². The average molecular weight is 236 g/mol. The number of nitrogens with zero attached hydrogens (tertiary/aromatic N) is 3. The second-order valence-corrected chi connectivity index (χ2v) is 3.39. The van der Waals surface area contributed by atoms with Gasteiger partial charge in [-0.25, -0.2) is 18.7 Å². The van der Waals surface area contributed by atoms with Gasteiger partial charge in [-0.1, -0.05) is 0 Å². The molecule has 17 heavy (non-hydrogen) atoms. The van der Waals surface area contributed by atoms with Crippen LogP contribution in [0.1, 0.15) is 11.4 Å². The lowest BCUT2D eigenvalue weighted by atomic mass is 10.1. The van der Waals surface area contributed by atoms with Crippen molar-refractivity contribution in [1.82, 2.24) is 15.0 Å². The highest BCUT2D eigenvalue weighted by Gasteiger charge is 2.06. The Hall–Kier alpha value is -1.95. The number of pyridine rings is 1. The van der Waals surface area contributed by atoms with E-state index >= 15 is 0 Å². The smallest absolute Gasteiger partial charge is 0.159 e. The van der Waals surface area contributed by atoms with E-state index in [-0.39, 0.29) is 12.4 Å². The number of alkyl halides is 1. The molecule has 0 fully saturated rings. The van der Waals surface area contributed by atoms with Crippen LogP contribution in [0, 0.1) is 5.82 Å². The van der Waals surface area contributed by atoms with E-state index < -0.39 is 12.5 Å². The van der Waals surface area contributed by atoms with Gasteiger partial charge in [0.2, 0.25) is 0 Å². The van der Waals surface area contributed by atoms with Crippen LogP contribution in [0.25, 0.3) is 11.3 Å². The quantitative estimate of drug-likeness (QED) is 0.879. The van der Waals surface area contributed by atoms with Crippen LogP contribution in [0.4, 0.5) is 8.78 Å². The first-order valence-corrected chi connectivity index (χ1v) is 4.96. The van der Waals surface area contributed by atoms with Crippen molar-refractivity contribution in [3.63, 3.8) is 0 Å². The maximum Gasteiger partial charge on any atom is 0.159 e. The minimum Gasteiger partial charge on any atom is -0.326 e. The van der Waals surface area contributed by atoms with Crippen LogP contribution in [0.15, 0.2) is 24.7 Å². The van der Waals surface area contributed by atoms with Gasteiger partial charge in [-0.2, -0.15) is 0 Å². The zero-order chi connectivity index (χ0) is 12.3. The van der Waals surface area contributed by atoms with E-state index in [9.17, 15) is 8.78 Å². The highest BCUT2D eigenvalue weighted by atomic mass is 19.1. The highest BCUT2D eigenvalue weighted by molar-refractivity contribution is 5.57. The van der Waals surface area contributed by atoms with E-state index in [0.29, 0.717) is 16.8 Å². The van der Waals surface area contributed by atoms with Crippen LogP contribution in [-0.4, -0.2) is 15.0 Å². The van der Waals surface area contributed by atoms with Gasteiger partial charge in [0, 0.05) is 30.1 Å². The molecular formula is C11H10F2N4. The van der Waals surface area contributed by atoms with Crippen LogP contribution in [0.3, 0.4) is 0 Å². The molecule has 0 aliphatic heterocycles. The van der Waals surface area contributed by atoms with Gasteiger partial charge < -0.3 is 5.73 Å². The first-order valence-electron chi connectivity index (χ1n) is 4.96. The standard InChI is InChI=1S/C11H10F2N4/c12-2-11-16-4-8(5-17-11)10-1-7(3-14)9(13)6-15-10/h1,4-6H,2-3,14H2. The molecule has 2 rings (SSSR count). The van der Waals surface area contributed by atoms with Crippen molar-refractivity contribution in [3.8, 4) is 11.3 Å². The molecule has 0 radical (unpaired) electrons. The largest absolute Gasteiger partial charge is 0.326 e. The van der Waals surface area contributed by atoms with E-state index in [1.807, 2.05) is 0 Å². The minimum absolute atomic E-state index is 0.0881. The van der Waals surface area contributed by atoms with Crippen molar-refractivity contribution in [1.29, 1.82) is 0 Å². The molecule has 4 nitrogen and oxygen atoms in total. The Kier molecular flexibility index (Phi) is 3.34. The molecule has 0 aliphatic rings. The molecule has 2 heterocycles. The SMILES string of the molecule is NCc1cc(-c2cnc(CF)nc2)ncc1F. The summed E-state index contributed by atoms with van der Waals surface area (Å²) in [5, 5.41) is 0. The Bertz CT molecular complexity index is 513. The van der Waals surface area contributed by atoms with Gasteiger partial charge in [0.1, 0.15) is 12.5 Å². The van der Waals surface area contributed by atoms with Gasteiger partial charge in [-0.15, -0.1) is 0 Å². The topological polar surface area (TPSA) is 64.7 Å². The molecular weight excluding hydrogens is 226 g/mol. The summed E-state index contributed by atoms with van der Waals surface area (Å²) in [5.74, 6) is -0.340. The molecule has 2 aromatic rings. The molecule has 0 unspecified atom stereocenters. The van der Waals surface area contributed by atoms with Gasteiger partial charge in [-0.3, -0.25) is 4.98 Å². The van der Waals surface area contributed by atoms with Gasteiger partial charge in [0.25, 0.3) is 0 Å². The molecule has 0 aromatic carbocycles. The molecule has 0 atom stereocenters. The molecule has 0 bridgehead atoms. The van der Waals surface area contributed by atoms with E-state index in [1.165, 1.54) is 18.5 Å². The molecule has 0 saturated heterocycles. The lowest BCUT2D eigenvalue weighted by Gasteiger charge is -2.04. The van der Waals surface area contributed by atoms with Crippen molar-refractivity contribution < 1.29 is 8.78 Å². The summed E-state index contributed by atoms with van der Waals surface area (Å²) < 4.78 is 25.4. The van der Waals surface area contributed by atoms with Crippen molar-refractivity contribution >= 4 is 0 Å².